The topological polar surface area (TPSA) is 27.1 Å². The molecule has 0 bridgehead atoms. The molecule has 0 amide bonds. The van der Waals surface area contributed by atoms with Crippen molar-refractivity contribution >= 4 is 26.8 Å². The number of ether oxygens (including phenoxy) is 1. The number of aromatic nitrogens is 2. The van der Waals surface area contributed by atoms with Crippen LogP contribution >= 0.6 is 15.9 Å². The van der Waals surface area contributed by atoms with Crippen LogP contribution in [0.25, 0.3) is 10.9 Å². The molecule has 3 aromatic rings. The quantitative estimate of drug-likeness (QED) is 0.720. The molecule has 0 spiro atoms. The van der Waals surface area contributed by atoms with Crippen molar-refractivity contribution in [2.24, 2.45) is 0 Å². The Bertz CT molecular complexity index is 747. The van der Waals surface area contributed by atoms with Crippen LogP contribution in [0.3, 0.4) is 0 Å². The van der Waals surface area contributed by atoms with Gasteiger partial charge in [-0.3, -0.25) is 4.68 Å². The van der Waals surface area contributed by atoms with E-state index in [1.165, 1.54) is 16.6 Å². The number of hydrogen-bond donors (Lipinski definition) is 0. The number of methoxy groups -OCH3 is 1. The Kier molecular flexibility index (Phi) is 3.49. The van der Waals surface area contributed by atoms with Crippen molar-refractivity contribution in [3.8, 4) is 5.75 Å². The second-order valence-electron chi connectivity index (χ2n) is 4.81. The van der Waals surface area contributed by atoms with Crippen LogP contribution in [-0.2, 0) is 6.54 Å². The van der Waals surface area contributed by atoms with E-state index in [2.05, 4.69) is 52.2 Å². The first kappa shape index (κ1) is 13.2. The number of hydrogen-bond acceptors (Lipinski definition) is 2. The summed E-state index contributed by atoms with van der Waals surface area (Å²) in [5.41, 5.74) is 3.61. The van der Waals surface area contributed by atoms with Gasteiger partial charge in [0.1, 0.15) is 5.75 Å². The molecular formula is C16H15BrN2O. The number of benzene rings is 2. The van der Waals surface area contributed by atoms with Crippen LogP contribution in [0.5, 0.6) is 5.75 Å². The van der Waals surface area contributed by atoms with Gasteiger partial charge in [-0.1, -0.05) is 28.1 Å². The zero-order chi connectivity index (χ0) is 14.1. The molecule has 0 saturated heterocycles. The SMILES string of the molecule is COc1ccc(Cn2ncc3cc(Br)cc(C)c32)cc1. The van der Waals surface area contributed by atoms with Crippen LogP contribution < -0.4 is 4.74 Å². The van der Waals surface area contributed by atoms with Gasteiger partial charge in [0.25, 0.3) is 0 Å². The fourth-order valence-electron chi connectivity index (χ4n) is 2.43. The zero-order valence-corrected chi connectivity index (χ0v) is 13.0. The molecule has 3 nitrogen and oxygen atoms in total. The average Bonchev–Trinajstić information content (AvgIpc) is 2.82. The molecule has 102 valence electrons. The van der Waals surface area contributed by atoms with Crippen molar-refractivity contribution in [2.75, 3.05) is 7.11 Å². The highest BCUT2D eigenvalue weighted by atomic mass is 79.9. The van der Waals surface area contributed by atoms with E-state index in [9.17, 15) is 0 Å². The van der Waals surface area contributed by atoms with Crippen molar-refractivity contribution in [1.29, 1.82) is 0 Å². The van der Waals surface area contributed by atoms with E-state index in [0.29, 0.717) is 0 Å². The van der Waals surface area contributed by atoms with E-state index in [4.69, 9.17) is 4.74 Å². The minimum absolute atomic E-state index is 0.760. The molecule has 1 heterocycles. The molecule has 0 N–H and O–H groups in total. The molecule has 4 heteroatoms. The van der Waals surface area contributed by atoms with Gasteiger partial charge in [-0.2, -0.15) is 5.10 Å². The molecule has 20 heavy (non-hydrogen) atoms. The Morgan fingerprint density at radius 3 is 2.65 bits per heavy atom. The Balaban J connectivity index is 1.98. The van der Waals surface area contributed by atoms with Crippen molar-refractivity contribution in [3.05, 3.63) is 58.2 Å². The number of nitrogens with zero attached hydrogens (tertiary/aromatic N) is 2. The van der Waals surface area contributed by atoms with Crippen molar-refractivity contribution < 1.29 is 4.74 Å². The lowest BCUT2D eigenvalue weighted by atomic mass is 10.1. The van der Waals surface area contributed by atoms with Crippen LogP contribution in [0.15, 0.2) is 47.1 Å². The molecule has 1 aromatic heterocycles. The van der Waals surface area contributed by atoms with Gasteiger partial charge in [-0.05, 0) is 42.3 Å². The van der Waals surface area contributed by atoms with E-state index in [-0.39, 0.29) is 0 Å². The lowest BCUT2D eigenvalue weighted by Crippen LogP contribution is -2.02. The number of aryl methyl sites for hydroxylation is 1. The minimum atomic E-state index is 0.760. The molecule has 0 saturated carbocycles. The first-order chi connectivity index (χ1) is 9.67. The van der Waals surface area contributed by atoms with Crippen molar-refractivity contribution in [3.63, 3.8) is 0 Å². The summed E-state index contributed by atoms with van der Waals surface area (Å²) in [4.78, 5) is 0. The van der Waals surface area contributed by atoms with Gasteiger partial charge in [0.05, 0.1) is 25.4 Å². The standard InChI is InChI=1S/C16H15BrN2O/c1-11-7-14(17)8-13-9-18-19(16(11)13)10-12-3-5-15(20-2)6-4-12/h3-9H,10H2,1-2H3. The maximum absolute atomic E-state index is 5.18. The minimum Gasteiger partial charge on any atom is -0.497 e. The fourth-order valence-corrected chi connectivity index (χ4v) is 3.02. The number of rotatable bonds is 3. The monoisotopic (exact) mass is 330 g/mol. The summed E-state index contributed by atoms with van der Waals surface area (Å²) < 4.78 is 8.31. The average molecular weight is 331 g/mol. The Morgan fingerprint density at radius 2 is 1.95 bits per heavy atom. The zero-order valence-electron chi connectivity index (χ0n) is 11.4. The molecule has 0 aliphatic rings. The maximum Gasteiger partial charge on any atom is 0.118 e. The highest BCUT2D eigenvalue weighted by Crippen LogP contribution is 2.24. The molecule has 0 aliphatic carbocycles. The van der Waals surface area contributed by atoms with Gasteiger partial charge < -0.3 is 4.74 Å². The van der Waals surface area contributed by atoms with Gasteiger partial charge in [0.15, 0.2) is 0 Å². The second kappa shape index (κ2) is 5.29. The van der Waals surface area contributed by atoms with Crippen LogP contribution in [0, 0.1) is 6.92 Å². The molecule has 0 aliphatic heterocycles. The maximum atomic E-state index is 5.18. The van der Waals surface area contributed by atoms with Crippen LogP contribution in [0.4, 0.5) is 0 Å². The summed E-state index contributed by atoms with van der Waals surface area (Å²) in [5, 5.41) is 5.66. The molecule has 3 rings (SSSR count). The van der Waals surface area contributed by atoms with Gasteiger partial charge in [-0.15, -0.1) is 0 Å². The molecule has 0 radical (unpaired) electrons. The van der Waals surface area contributed by atoms with E-state index < -0.39 is 0 Å². The first-order valence-corrected chi connectivity index (χ1v) is 7.21. The summed E-state index contributed by atoms with van der Waals surface area (Å²) >= 11 is 3.52. The van der Waals surface area contributed by atoms with Crippen molar-refractivity contribution in [1.82, 2.24) is 9.78 Å². The van der Waals surface area contributed by atoms with E-state index in [1.54, 1.807) is 7.11 Å². The Labute approximate surface area is 126 Å². The second-order valence-corrected chi connectivity index (χ2v) is 5.73. The summed E-state index contributed by atoms with van der Waals surface area (Å²) in [6.07, 6.45) is 1.91. The molecule has 0 fully saturated rings. The highest BCUT2D eigenvalue weighted by Gasteiger charge is 2.07. The third-order valence-electron chi connectivity index (χ3n) is 3.38. The predicted molar refractivity (Wildman–Crippen MR) is 84.3 cm³/mol. The lowest BCUT2D eigenvalue weighted by molar-refractivity contribution is 0.414. The Morgan fingerprint density at radius 1 is 1.20 bits per heavy atom. The molecule has 0 atom stereocenters. The van der Waals surface area contributed by atoms with Gasteiger partial charge in [0, 0.05) is 9.86 Å². The number of halogens is 1. The predicted octanol–water partition coefficient (Wildman–Crippen LogP) is 4.16. The number of fused-ring (bicyclic) bond motifs is 1. The summed E-state index contributed by atoms with van der Waals surface area (Å²) in [6, 6.07) is 12.3. The fraction of sp³-hybridized carbons (Fsp3) is 0.188. The highest BCUT2D eigenvalue weighted by molar-refractivity contribution is 9.10. The Hall–Kier alpha value is -1.81. The van der Waals surface area contributed by atoms with Gasteiger partial charge >= 0.3 is 0 Å². The van der Waals surface area contributed by atoms with Crippen LogP contribution in [-0.4, -0.2) is 16.9 Å². The normalized spacial score (nSPS) is 10.9. The molecular weight excluding hydrogens is 316 g/mol. The van der Waals surface area contributed by atoms with E-state index in [0.717, 1.165) is 22.2 Å². The van der Waals surface area contributed by atoms with Crippen LogP contribution in [0.2, 0.25) is 0 Å². The smallest absolute Gasteiger partial charge is 0.118 e. The molecule has 2 aromatic carbocycles. The third kappa shape index (κ3) is 2.43. The lowest BCUT2D eigenvalue weighted by Gasteiger charge is -2.07. The van der Waals surface area contributed by atoms with Crippen LogP contribution in [0.1, 0.15) is 11.1 Å². The summed E-state index contributed by atoms with van der Waals surface area (Å²) in [6.45, 7) is 2.87. The summed E-state index contributed by atoms with van der Waals surface area (Å²) in [7, 11) is 1.68. The third-order valence-corrected chi connectivity index (χ3v) is 3.84. The van der Waals surface area contributed by atoms with Crippen molar-refractivity contribution in [2.45, 2.75) is 13.5 Å². The van der Waals surface area contributed by atoms with E-state index >= 15 is 0 Å². The first-order valence-electron chi connectivity index (χ1n) is 6.42. The molecule has 0 unspecified atom stereocenters. The largest absolute Gasteiger partial charge is 0.497 e. The van der Waals surface area contributed by atoms with Gasteiger partial charge in [-0.25, -0.2) is 0 Å². The summed E-state index contributed by atoms with van der Waals surface area (Å²) in [5.74, 6) is 0.874. The van der Waals surface area contributed by atoms with E-state index in [1.807, 2.05) is 23.0 Å². The van der Waals surface area contributed by atoms with Gasteiger partial charge in [0.2, 0.25) is 0 Å².